The highest BCUT2D eigenvalue weighted by Gasteiger charge is 2.07. The van der Waals surface area contributed by atoms with Crippen molar-refractivity contribution in [3.8, 4) is 0 Å². The Hall–Kier alpha value is -1.57. The van der Waals surface area contributed by atoms with E-state index in [2.05, 4.69) is 49.5 Å². The van der Waals surface area contributed by atoms with E-state index in [0.29, 0.717) is 6.04 Å². The van der Waals surface area contributed by atoms with Gasteiger partial charge < -0.3 is 5.32 Å². The van der Waals surface area contributed by atoms with Crippen LogP contribution < -0.4 is 5.32 Å². The van der Waals surface area contributed by atoms with Crippen molar-refractivity contribution in [3.63, 3.8) is 0 Å². The monoisotopic (exact) mass is 256 g/mol. The molecule has 1 heterocycles. The van der Waals surface area contributed by atoms with E-state index in [9.17, 15) is 0 Å². The highest BCUT2D eigenvalue weighted by atomic mass is 14.9. The van der Waals surface area contributed by atoms with Crippen molar-refractivity contribution in [2.75, 3.05) is 6.54 Å². The molecule has 1 aliphatic heterocycles. The highest BCUT2D eigenvalue weighted by molar-refractivity contribution is 6.09. The average molecular weight is 256 g/mol. The Morgan fingerprint density at radius 3 is 2.68 bits per heavy atom. The van der Waals surface area contributed by atoms with Crippen LogP contribution >= 0.6 is 0 Å². The summed E-state index contributed by atoms with van der Waals surface area (Å²) < 4.78 is 0. The maximum atomic E-state index is 4.77. The molecule has 0 aromatic heterocycles. The van der Waals surface area contributed by atoms with Crippen molar-refractivity contribution in [1.29, 1.82) is 0 Å². The van der Waals surface area contributed by atoms with Crippen LogP contribution in [0.5, 0.6) is 0 Å². The summed E-state index contributed by atoms with van der Waals surface area (Å²) in [6.45, 7) is 5.35. The Balaban J connectivity index is 2.26. The molecule has 1 aromatic carbocycles. The van der Waals surface area contributed by atoms with Crippen molar-refractivity contribution in [3.05, 3.63) is 47.7 Å². The third-order valence-electron chi connectivity index (χ3n) is 3.25. The number of allylic oxidation sites excluding steroid dienone is 2. The van der Waals surface area contributed by atoms with Crippen LogP contribution in [-0.2, 0) is 0 Å². The molecule has 1 aromatic rings. The fourth-order valence-corrected chi connectivity index (χ4v) is 2.33. The van der Waals surface area contributed by atoms with Gasteiger partial charge in [-0.25, -0.2) is 0 Å². The molecule has 0 spiro atoms. The first kappa shape index (κ1) is 13.9. The summed E-state index contributed by atoms with van der Waals surface area (Å²) in [5.74, 6) is 0. The van der Waals surface area contributed by atoms with Crippen LogP contribution in [0.3, 0.4) is 0 Å². The first-order chi connectivity index (χ1) is 9.25. The molecule has 19 heavy (non-hydrogen) atoms. The van der Waals surface area contributed by atoms with Gasteiger partial charge in [0.1, 0.15) is 0 Å². The van der Waals surface area contributed by atoms with Gasteiger partial charge in [-0.05, 0) is 44.7 Å². The summed E-state index contributed by atoms with van der Waals surface area (Å²) >= 11 is 0. The molecule has 0 radical (unpaired) electrons. The molecule has 1 aliphatic rings. The second-order valence-electron chi connectivity index (χ2n) is 5.38. The van der Waals surface area contributed by atoms with Gasteiger partial charge in [0.25, 0.3) is 0 Å². The standard InChI is InChI=1S/C17H24N2/c1-14(2)19-17(15-9-5-3-6-10-15)13-16-11-7-4-8-12-18-16/h3,5-6,9-10,13-14,18H,4,7-8,11-12H2,1-2H3/b16-13+,19-17-. The van der Waals surface area contributed by atoms with Gasteiger partial charge in [-0.2, -0.15) is 0 Å². The first-order valence-electron chi connectivity index (χ1n) is 7.33. The lowest BCUT2D eigenvalue weighted by Gasteiger charge is -2.10. The van der Waals surface area contributed by atoms with Gasteiger partial charge in [-0.3, -0.25) is 4.99 Å². The second-order valence-corrected chi connectivity index (χ2v) is 5.38. The third kappa shape index (κ3) is 4.55. The maximum absolute atomic E-state index is 4.77. The van der Waals surface area contributed by atoms with Gasteiger partial charge in [0.2, 0.25) is 0 Å². The van der Waals surface area contributed by atoms with Crippen LogP contribution in [0.4, 0.5) is 0 Å². The molecule has 0 amide bonds. The van der Waals surface area contributed by atoms with Crippen molar-refractivity contribution < 1.29 is 0 Å². The summed E-state index contributed by atoms with van der Waals surface area (Å²) in [4.78, 5) is 4.77. The van der Waals surface area contributed by atoms with E-state index in [-0.39, 0.29) is 0 Å². The zero-order chi connectivity index (χ0) is 13.5. The van der Waals surface area contributed by atoms with Gasteiger partial charge in [0.05, 0.1) is 5.71 Å². The summed E-state index contributed by atoms with van der Waals surface area (Å²) in [5, 5.41) is 3.54. The predicted molar refractivity (Wildman–Crippen MR) is 82.7 cm³/mol. The maximum Gasteiger partial charge on any atom is 0.0666 e. The fraction of sp³-hybridized carbons (Fsp3) is 0.471. The van der Waals surface area contributed by atoms with Crippen LogP contribution in [0.25, 0.3) is 0 Å². The zero-order valence-electron chi connectivity index (χ0n) is 12.0. The SMILES string of the molecule is CC(C)/N=C(/C=C1\CCCCCN1)c1ccccc1. The molecule has 1 saturated heterocycles. The molecule has 0 atom stereocenters. The van der Waals surface area contributed by atoms with Crippen LogP contribution in [-0.4, -0.2) is 18.3 Å². The largest absolute Gasteiger partial charge is 0.388 e. The van der Waals surface area contributed by atoms with Gasteiger partial charge in [-0.15, -0.1) is 0 Å². The number of rotatable bonds is 3. The van der Waals surface area contributed by atoms with Crippen LogP contribution in [0.15, 0.2) is 47.1 Å². The Morgan fingerprint density at radius 1 is 1.16 bits per heavy atom. The normalized spacial score (nSPS) is 19.3. The summed E-state index contributed by atoms with van der Waals surface area (Å²) in [5.41, 5.74) is 3.63. The minimum Gasteiger partial charge on any atom is -0.388 e. The number of aliphatic imine (C=N–C) groups is 1. The van der Waals surface area contributed by atoms with E-state index < -0.39 is 0 Å². The molecular weight excluding hydrogens is 232 g/mol. The van der Waals surface area contributed by atoms with Crippen molar-refractivity contribution in [2.45, 2.75) is 45.6 Å². The Bertz CT molecular complexity index is 434. The zero-order valence-corrected chi connectivity index (χ0v) is 12.0. The van der Waals surface area contributed by atoms with Gasteiger partial charge in [0.15, 0.2) is 0 Å². The topological polar surface area (TPSA) is 24.4 Å². The molecule has 1 fully saturated rings. The molecule has 102 valence electrons. The van der Waals surface area contributed by atoms with E-state index in [4.69, 9.17) is 4.99 Å². The molecule has 0 unspecified atom stereocenters. The first-order valence-corrected chi connectivity index (χ1v) is 7.33. The third-order valence-corrected chi connectivity index (χ3v) is 3.25. The van der Waals surface area contributed by atoms with E-state index in [1.54, 1.807) is 0 Å². The predicted octanol–water partition coefficient (Wildman–Crippen LogP) is 3.93. The van der Waals surface area contributed by atoms with Crippen molar-refractivity contribution in [2.24, 2.45) is 4.99 Å². The van der Waals surface area contributed by atoms with Gasteiger partial charge >= 0.3 is 0 Å². The Morgan fingerprint density at radius 2 is 1.95 bits per heavy atom. The molecule has 2 nitrogen and oxygen atoms in total. The minimum absolute atomic E-state index is 0.317. The van der Waals surface area contributed by atoms with Crippen LogP contribution in [0, 0.1) is 0 Å². The van der Waals surface area contributed by atoms with Gasteiger partial charge in [0, 0.05) is 18.3 Å². The lowest BCUT2D eigenvalue weighted by molar-refractivity contribution is 0.721. The van der Waals surface area contributed by atoms with Crippen molar-refractivity contribution >= 4 is 5.71 Å². The highest BCUT2D eigenvalue weighted by Crippen LogP contribution is 2.13. The van der Waals surface area contributed by atoms with E-state index >= 15 is 0 Å². The van der Waals surface area contributed by atoms with E-state index in [0.717, 1.165) is 18.7 Å². The molecule has 2 rings (SSSR count). The number of nitrogens with one attached hydrogen (secondary N) is 1. The number of benzene rings is 1. The molecule has 1 N–H and O–H groups in total. The Labute approximate surface area is 116 Å². The average Bonchev–Trinajstić information content (AvgIpc) is 2.67. The molecule has 0 bridgehead atoms. The number of hydrogen-bond acceptors (Lipinski definition) is 2. The number of nitrogens with zero attached hydrogens (tertiary/aromatic N) is 1. The van der Waals surface area contributed by atoms with E-state index in [1.165, 1.54) is 30.5 Å². The van der Waals surface area contributed by atoms with Gasteiger partial charge in [-0.1, -0.05) is 36.8 Å². The fourth-order valence-electron chi connectivity index (χ4n) is 2.33. The lowest BCUT2D eigenvalue weighted by atomic mass is 10.1. The summed E-state index contributed by atoms with van der Waals surface area (Å²) in [7, 11) is 0. The Kier molecular flexibility index (Phi) is 5.20. The van der Waals surface area contributed by atoms with Crippen LogP contribution in [0.2, 0.25) is 0 Å². The van der Waals surface area contributed by atoms with E-state index in [1.807, 2.05) is 6.07 Å². The summed E-state index contributed by atoms with van der Waals surface area (Å²) in [6, 6.07) is 10.8. The summed E-state index contributed by atoms with van der Waals surface area (Å²) in [6.07, 6.45) is 7.26. The second kappa shape index (κ2) is 7.13. The smallest absolute Gasteiger partial charge is 0.0666 e. The lowest BCUT2D eigenvalue weighted by Crippen LogP contribution is -2.14. The molecular formula is C17H24N2. The molecule has 0 aliphatic carbocycles. The van der Waals surface area contributed by atoms with Crippen LogP contribution in [0.1, 0.15) is 45.1 Å². The van der Waals surface area contributed by atoms with Crippen molar-refractivity contribution in [1.82, 2.24) is 5.32 Å². The molecule has 2 heteroatoms. The number of hydrogen-bond donors (Lipinski definition) is 1. The molecule has 0 saturated carbocycles. The minimum atomic E-state index is 0.317. The quantitative estimate of drug-likeness (QED) is 0.814.